The van der Waals surface area contributed by atoms with Crippen LogP contribution < -0.4 is 11.1 Å². The van der Waals surface area contributed by atoms with E-state index in [-0.39, 0.29) is 23.2 Å². The zero-order valence-corrected chi connectivity index (χ0v) is 15.5. The molecule has 0 bridgehead atoms. The Morgan fingerprint density at radius 3 is 2.72 bits per heavy atom. The minimum absolute atomic E-state index is 0.0878. The molecule has 8 heteroatoms. The summed E-state index contributed by atoms with van der Waals surface area (Å²) < 4.78 is 14.6. The summed E-state index contributed by atoms with van der Waals surface area (Å²) in [7, 11) is 0. The fraction of sp³-hybridized carbons (Fsp3) is 0.0952. The highest BCUT2D eigenvalue weighted by Crippen LogP contribution is 2.32. The second kappa shape index (κ2) is 7.48. The maximum Gasteiger partial charge on any atom is 0.150 e. The predicted octanol–water partition coefficient (Wildman–Crippen LogP) is 3.85. The molecule has 0 radical (unpaired) electrons. The number of rotatable bonds is 4. The van der Waals surface area contributed by atoms with Crippen LogP contribution >= 0.6 is 0 Å². The molecule has 29 heavy (non-hydrogen) atoms. The van der Waals surface area contributed by atoms with Gasteiger partial charge in [-0.15, -0.1) is 0 Å². The maximum atomic E-state index is 14.6. The second-order valence-electron chi connectivity index (χ2n) is 6.41. The van der Waals surface area contributed by atoms with Crippen LogP contribution in [0.15, 0.2) is 55.0 Å². The Kier molecular flexibility index (Phi) is 4.71. The molecule has 0 unspecified atom stereocenters. The lowest BCUT2D eigenvalue weighted by Gasteiger charge is -2.19. The van der Waals surface area contributed by atoms with Gasteiger partial charge in [-0.05, 0) is 37.3 Å². The summed E-state index contributed by atoms with van der Waals surface area (Å²) in [6, 6.07) is 13.6. The van der Waals surface area contributed by atoms with E-state index in [2.05, 4.69) is 25.3 Å². The number of anilines is 2. The van der Waals surface area contributed by atoms with Crippen molar-refractivity contribution in [1.82, 2.24) is 19.9 Å². The largest absolute Gasteiger partial charge is 0.382 e. The van der Waals surface area contributed by atoms with Crippen LogP contribution in [0.5, 0.6) is 0 Å². The smallest absolute Gasteiger partial charge is 0.150 e. The van der Waals surface area contributed by atoms with Gasteiger partial charge >= 0.3 is 0 Å². The summed E-state index contributed by atoms with van der Waals surface area (Å²) in [6.07, 6.45) is 2.96. The average molecular weight is 385 g/mol. The fourth-order valence-corrected chi connectivity index (χ4v) is 3.12. The molecule has 0 aliphatic rings. The molecule has 1 aromatic carbocycles. The Morgan fingerprint density at radius 1 is 1.10 bits per heavy atom. The molecule has 4 aromatic rings. The van der Waals surface area contributed by atoms with Crippen molar-refractivity contribution < 1.29 is 4.39 Å². The van der Waals surface area contributed by atoms with Gasteiger partial charge in [0, 0.05) is 17.3 Å². The number of nitrogens with two attached hydrogens (primary N) is 1. The van der Waals surface area contributed by atoms with Gasteiger partial charge in [-0.25, -0.2) is 19.3 Å². The Balaban J connectivity index is 1.86. The number of hydrogen-bond acceptors (Lipinski definition) is 7. The average Bonchev–Trinajstić information content (AvgIpc) is 2.73. The number of hydrogen-bond donors (Lipinski definition) is 2. The lowest BCUT2D eigenvalue weighted by atomic mass is 9.99. The van der Waals surface area contributed by atoms with Crippen LogP contribution in [-0.2, 0) is 0 Å². The molecule has 3 heterocycles. The number of halogens is 1. The summed E-state index contributed by atoms with van der Waals surface area (Å²) in [4.78, 5) is 17.0. The number of benzene rings is 1. The normalized spacial score (nSPS) is 11.8. The van der Waals surface area contributed by atoms with Crippen molar-refractivity contribution in [2.75, 3.05) is 11.1 Å². The molecule has 1 atom stereocenters. The minimum atomic E-state index is -0.374. The highest BCUT2D eigenvalue weighted by atomic mass is 19.1. The predicted molar refractivity (Wildman–Crippen MR) is 108 cm³/mol. The molecule has 0 saturated heterocycles. The van der Waals surface area contributed by atoms with Crippen molar-refractivity contribution in [2.24, 2.45) is 0 Å². The van der Waals surface area contributed by atoms with Gasteiger partial charge in [-0.1, -0.05) is 12.1 Å². The van der Waals surface area contributed by atoms with Crippen LogP contribution in [0.4, 0.5) is 16.0 Å². The number of aromatic nitrogens is 4. The molecular formula is C21H16FN7. The fourth-order valence-electron chi connectivity index (χ4n) is 3.12. The number of nitriles is 1. The Morgan fingerprint density at radius 2 is 1.93 bits per heavy atom. The van der Waals surface area contributed by atoms with E-state index in [1.54, 1.807) is 30.5 Å². The quantitative estimate of drug-likeness (QED) is 0.548. The molecule has 0 amide bonds. The van der Waals surface area contributed by atoms with Crippen molar-refractivity contribution >= 4 is 22.7 Å². The number of nitrogens with one attached hydrogen (secondary N) is 1. The first-order valence-electron chi connectivity index (χ1n) is 8.86. The van der Waals surface area contributed by atoms with Crippen molar-refractivity contribution in [2.45, 2.75) is 13.0 Å². The molecular weight excluding hydrogens is 369 g/mol. The van der Waals surface area contributed by atoms with E-state index < -0.39 is 0 Å². The molecule has 0 fully saturated rings. The van der Waals surface area contributed by atoms with Crippen LogP contribution in [0, 0.1) is 17.1 Å². The van der Waals surface area contributed by atoms with Crippen LogP contribution in [0.25, 0.3) is 22.3 Å². The minimum Gasteiger partial charge on any atom is -0.382 e. The first-order chi connectivity index (χ1) is 14.1. The van der Waals surface area contributed by atoms with E-state index >= 15 is 0 Å². The topological polar surface area (TPSA) is 113 Å². The lowest BCUT2D eigenvalue weighted by Crippen LogP contribution is -2.13. The van der Waals surface area contributed by atoms with E-state index in [1.165, 1.54) is 12.4 Å². The van der Waals surface area contributed by atoms with Gasteiger partial charge in [0.1, 0.15) is 35.4 Å². The van der Waals surface area contributed by atoms with E-state index in [4.69, 9.17) is 5.73 Å². The molecule has 7 nitrogen and oxygen atoms in total. The third kappa shape index (κ3) is 3.41. The Labute approximate surface area is 166 Å². The summed E-state index contributed by atoms with van der Waals surface area (Å²) in [6.45, 7) is 1.87. The van der Waals surface area contributed by atoms with Crippen molar-refractivity contribution in [3.05, 3.63) is 71.9 Å². The van der Waals surface area contributed by atoms with Gasteiger partial charge in [0.2, 0.25) is 0 Å². The van der Waals surface area contributed by atoms with Gasteiger partial charge in [0.15, 0.2) is 0 Å². The van der Waals surface area contributed by atoms with Gasteiger partial charge in [0.25, 0.3) is 0 Å². The van der Waals surface area contributed by atoms with Crippen molar-refractivity contribution in [3.63, 3.8) is 0 Å². The summed E-state index contributed by atoms with van der Waals surface area (Å²) in [5.41, 5.74) is 8.84. The number of fused-ring (bicyclic) bond motifs is 1. The Bertz CT molecular complexity index is 1250. The van der Waals surface area contributed by atoms with E-state index in [0.717, 1.165) is 0 Å². The first kappa shape index (κ1) is 18.3. The van der Waals surface area contributed by atoms with Gasteiger partial charge in [-0.3, -0.25) is 4.98 Å². The molecule has 0 aliphatic heterocycles. The van der Waals surface area contributed by atoms with Gasteiger partial charge < -0.3 is 11.1 Å². The third-order valence-electron chi connectivity index (χ3n) is 4.55. The lowest BCUT2D eigenvalue weighted by molar-refractivity contribution is 0.630. The molecule has 3 aromatic heterocycles. The highest BCUT2D eigenvalue weighted by molar-refractivity contribution is 5.81. The van der Waals surface area contributed by atoms with Crippen LogP contribution in [0.2, 0.25) is 0 Å². The second-order valence-corrected chi connectivity index (χ2v) is 6.41. The highest BCUT2D eigenvalue weighted by Gasteiger charge is 2.20. The summed E-state index contributed by atoms with van der Waals surface area (Å²) in [5.74, 6) is 0.0126. The molecule has 142 valence electrons. The van der Waals surface area contributed by atoms with E-state index in [9.17, 15) is 9.65 Å². The van der Waals surface area contributed by atoms with E-state index in [1.807, 2.05) is 25.1 Å². The zero-order chi connectivity index (χ0) is 20.4. The Hall–Kier alpha value is -4.12. The van der Waals surface area contributed by atoms with Crippen LogP contribution in [-0.4, -0.2) is 19.9 Å². The van der Waals surface area contributed by atoms with Crippen LogP contribution in [0.1, 0.15) is 24.1 Å². The molecule has 4 rings (SSSR count). The van der Waals surface area contributed by atoms with Gasteiger partial charge in [0.05, 0.1) is 22.8 Å². The van der Waals surface area contributed by atoms with Crippen molar-refractivity contribution in [1.29, 1.82) is 5.26 Å². The SMILES string of the molecule is C[C@H](Nc1ncnc(N)c1C#N)c1cc2ncccc2nc1-c1ccccc1F. The molecule has 0 saturated carbocycles. The molecule has 0 spiro atoms. The standard InChI is InChI=1S/C21H16FN7/c1-12(28-21-15(10-23)20(24)26-11-27-21)14-9-18-17(7-4-8-25-18)29-19(14)13-5-2-3-6-16(13)22/h2-9,11-12H,1H3,(H3,24,26,27,28)/t12-/m0/s1. The third-order valence-corrected chi connectivity index (χ3v) is 4.55. The first-order valence-corrected chi connectivity index (χ1v) is 8.86. The van der Waals surface area contributed by atoms with Gasteiger partial charge in [-0.2, -0.15) is 5.26 Å². The van der Waals surface area contributed by atoms with Crippen molar-refractivity contribution in [3.8, 4) is 17.3 Å². The number of nitrogen functional groups attached to an aromatic ring is 1. The van der Waals surface area contributed by atoms with E-state index in [0.29, 0.717) is 33.7 Å². The van der Waals surface area contributed by atoms with Crippen LogP contribution in [0.3, 0.4) is 0 Å². The number of pyridine rings is 2. The monoisotopic (exact) mass is 385 g/mol. The summed E-state index contributed by atoms with van der Waals surface area (Å²) >= 11 is 0. The zero-order valence-electron chi connectivity index (χ0n) is 15.5. The number of nitrogens with zero attached hydrogens (tertiary/aromatic N) is 5. The molecule has 0 aliphatic carbocycles. The molecule has 3 N–H and O–H groups in total. The maximum absolute atomic E-state index is 14.6. The summed E-state index contributed by atoms with van der Waals surface area (Å²) in [5, 5.41) is 12.5.